The normalized spacial score (nSPS) is 31.7. The van der Waals surface area contributed by atoms with Gasteiger partial charge in [-0.05, 0) is 11.5 Å². The Bertz CT molecular complexity index is 751. The van der Waals surface area contributed by atoms with Crippen LogP contribution >= 0.6 is 8.03 Å². The van der Waals surface area contributed by atoms with Gasteiger partial charge in [-0.25, -0.2) is 15.0 Å². The molecule has 5 N–H and O–H groups in total. The first-order valence-corrected chi connectivity index (χ1v) is 8.34. The van der Waals surface area contributed by atoms with Gasteiger partial charge in [0.05, 0.1) is 12.4 Å². The van der Waals surface area contributed by atoms with Crippen LogP contribution in [0.15, 0.2) is 12.7 Å². The highest BCUT2D eigenvalue weighted by molar-refractivity contribution is 7.37. The van der Waals surface area contributed by atoms with Crippen LogP contribution in [-0.4, -0.2) is 58.6 Å². The van der Waals surface area contributed by atoms with Gasteiger partial charge in [0, 0.05) is 6.42 Å². The summed E-state index contributed by atoms with van der Waals surface area (Å²) in [7, 11) is -2.34. The smallest absolute Gasteiger partial charge is 0.387 e. The maximum absolute atomic E-state index is 10.8. The predicted octanol–water partition coefficient (Wildman–Crippen LogP) is -0.457. The molecule has 1 aliphatic rings. The van der Waals surface area contributed by atoms with Gasteiger partial charge in [-0.3, -0.25) is 4.57 Å². The van der Waals surface area contributed by atoms with Gasteiger partial charge in [-0.15, -0.1) is 0 Å². The summed E-state index contributed by atoms with van der Waals surface area (Å²) < 4.78 is 18.0. The van der Waals surface area contributed by atoms with Crippen LogP contribution in [-0.2, 0) is 9.30 Å². The van der Waals surface area contributed by atoms with Gasteiger partial charge in [-0.1, -0.05) is 0 Å². The third-order valence-electron chi connectivity index (χ3n) is 4.00. The molecular formula is C12H17N5O5P+. The number of ether oxygens (including phenoxy) is 1. The average molecular weight is 342 g/mol. The van der Waals surface area contributed by atoms with Crippen LogP contribution in [0.25, 0.3) is 11.2 Å². The number of anilines is 1. The molecule has 2 aromatic rings. The first-order chi connectivity index (χ1) is 10.8. The Kier molecular flexibility index (Phi) is 4.03. The number of nitrogen functional groups attached to an aromatic ring is 1. The lowest BCUT2D eigenvalue weighted by Crippen LogP contribution is -2.43. The zero-order chi connectivity index (χ0) is 16.8. The number of aliphatic hydroxyl groups excluding tert-OH is 1. The van der Waals surface area contributed by atoms with Crippen molar-refractivity contribution < 1.29 is 24.4 Å². The number of aliphatic hydroxyl groups is 2. The van der Waals surface area contributed by atoms with Gasteiger partial charge in [0.25, 0.3) is 0 Å². The molecule has 0 amide bonds. The fourth-order valence-electron chi connectivity index (χ4n) is 2.75. The van der Waals surface area contributed by atoms with E-state index in [4.69, 9.17) is 15.4 Å². The molecule has 5 atom stereocenters. The van der Waals surface area contributed by atoms with Crippen LogP contribution in [0.2, 0.25) is 0 Å². The van der Waals surface area contributed by atoms with Gasteiger partial charge < -0.3 is 20.7 Å². The van der Waals surface area contributed by atoms with E-state index in [2.05, 4.69) is 15.0 Å². The summed E-state index contributed by atoms with van der Waals surface area (Å²) in [6.07, 6.45) is -0.182. The molecule has 1 aliphatic heterocycles. The second-order valence-corrected chi connectivity index (χ2v) is 6.80. The number of hydrogen-bond donors (Lipinski definition) is 4. The third kappa shape index (κ3) is 2.68. The van der Waals surface area contributed by atoms with E-state index in [9.17, 15) is 14.8 Å². The lowest BCUT2D eigenvalue weighted by molar-refractivity contribution is -0.0939. The van der Waals surface area contributed by atoms with Gasteiger partial charge in [-0.2, -0.15) is 4.89 Å². The molecule has 5 unspecified atom stereocenters. The molecule has 0 aliphatic carbocycles. The van der Waals surface area contributed by atoms with E-state index in [1.54, 1.807) is 0 Å². The summed E-state index contributed by atoms with van der Waals surface area (Å²) in [6.45, 7) is 1.43. The van der Waals surface area contributed by atoms with Crippen molar-refractivity contribution in [2.45, 2.75) is 37.4 Å². The van der Waals surface area contributed by atoms with E-state index >= 15 is 0 Å². The molecule has 1 saturated heterocycles. The average Bonchev–Trinajstić information content (AvgIpc) is 2.99. The molecule has 2 aromatic heterocycles. The number of nitrogens with zero attached hydrogens (tertiary/aromatic N) is 4. The Hall–Kier alpha value is -1.71. The Morgan fingerprint density at radius 1 is 1.48 bits per heavy atom. The Labute approximate surface area is 131 Å². The van der Waals surface area contributed by atoms with Crippen molar-refractivity contribution in [1.82, 2.24) is 19.5 Å². The van der Waals surface area contributed by atoms with Crippen LogP contribution in [0.1, 0.15) is 19.6 Å². The minimum Gasteiger partial charge on any atom is -0.387 e. The summed E-state index contributed by atoms with van der Waals surface area (Å²) in [5.41, 5.74) is 4.83. The highest BCUT2D eigenvalue weighted by atomic mass is 31.1. The summed E-state index contributed by atoms with van der Waals surface area (Å²) in [5, 5.41) is 20.9. The lowest BCUT2D eigenvalue weighted by Gasteiger charge is -2.27. The van der Waals surface area contributed by atoms with Gasteiger partial charge >= 0.3 is 8.03 Å². The summed E-state index contributed by atoms with van der Waals surface area (Å²) in [4.78, 5) is 20.9. The summed E-state index contributed by atoms with van der Waals surface area (Å²) in [5.74, 6) is 0.195. The minimum absolute atomic E-state index is 0.0281. The number of nitrogens with two attached hydrogens (primary N) is 1. The molecule has 0 aromatic carbocycles. The van der Waals surface area contributed by atoms with Crippen molar-refractivity contribution in [2.24, 2.45) is 0 Å². The van der Waals surface area contributed by atoms with Crippen molar-refractivity contribution in [2.75, 3.05) is 11.9 Å². The molecule has 11 heteroatoms. The molecule has 23 heavy (non-hydrogen) atoms. The summed E-state index contributed by atoms with van der Waals surface area (Å²) in [6, 6.07) is 0. The second-order valence-electron chi connectivity index (χ2n) is 5.64. The molecule has 0 radical (unpaired) electrons. The lowest BCUT2D eigenvalue weighted by atomic mass is 9.95. The molecular weight excluding hydrogens is 325 g/mol. The zero-order valence-electron chi connectivity index (χ0n) is 12.3. The topological polar surface area (TPSA) is 157 Å². The molecule has 3 rings (SSSR count). The van der Waals surface area contributed by atoms with Gasteiger partial charge in [0.2, 0.25) is 0 Å². The van der Waals surface area contributed by atoms with Crippen molar-refractivity contribution in [3.63, 3.8) is 0 Å². The second kappa shape index (κ2) is 5.73. The third-order valence-corrected chi connectivity index (χ3v) is 4.64. The largest absolute Gasteiger partial charge is 0.505 e. The van der Waals surface area contributed by atoms with E-state index in [-0.39, 0.29) is 18.4 Å². The number of fused-ring (bicyclic) bond motifs is 1. The molecule has 0 spiro atoms. The summed E-state index contributed by atoms with van der Waals surface area (Å²) >= 11 is 0. The zero-order valence-corrected chi connectivity index (χ0v) is 13.2. The van der Waals surface area contributed by atoms with Crippen LogP contribution in [0.3, 0.4) is 0 Å². The Balaban J connectivity index is 1.95. The SMILES string of the molecule is CC1(O)C(O)C(CC[P+](=O)O)OC1n1cnc2c(N)ncnc21. The number of rotatable bonds is 4. The van der Waals surface area contributed by atoms with Crippen LogP contribution in [0.4, 0.5) is 5.82 Å². The number of imidazole rings is 1. The minimum atomic E-state index is -2.34. The first-order valence-electron chi connectivity index (χ1n) is 6.95. The van der Waals surface area contributed by atoms with E-state index < -0.39 is 32.1 Å². The molecule has 124 valence electrons. The highest BCUT2D eigenvalue weighted by Crippen LogP contribution is 2.41. The Morgan fingerprint density at radius 2 is 2.22 bits per heavy atom. The van der Waals surface area contributed by atoms with Crippen LogP contribution in [0, 0.1) is 0 Å². The van der Waals surface area contributed by atoms with Gasteiger partial charge in [0.15, 0.2) is 23.9 Å². The van der Waals surface area contributed by atoms with E-state index in [0.717, 1.165) is 0 Å². The first kappa shape index (κ1) is 16.2. The Morgan fingerprint density at radius 3 is 2.91 bits per heavy atom. The predicted molar refractivity (Wildman–Crippen MR) is 79.6 cm³/mol. The molecule has 1 fully saturated rings. The quantitative estimate of drug-likeness (QED) is 0.540. The fraction of sp³-hybridized carbons (Fsp3) is 0.583. The van der Waals surface area contributed by atoms with Crippen molar-refractivity contribution in [3.8, 4) is 0 Å². The standard InChI is InChI=1S/C12H16N5O5P/c1-12(19)8(18)6(2-3-23(20)21)22-11(12)17-5-16-7-9(13)14-4-15-10(7)17/h4-6,8,11,18-19H,2-3H2,1H3,(H2-,13,14,15,20,21)/p+1. The number of hydrogen-bond acceptors (Lipinski definition) is 8. The molecule has 3 heterocycles. The fourth-order valence-corrected chi connectivity index (χ4v) is 3.23. The van der Waals surface area contributed by atoms with Crippen LogP contribution in [0.5, 0.6) is 0 Å². The van der Waals surface area contributed by atoms with Gasteiger partial charge in [0.1, 0.15) is 23.5 Å². The van der Waals surface area contributed by atoms with E-state index in [1.165, 1.54) is 24.1 Å². The maximum atomic E-state index is 10.8. The van der Waals surface area contributed by atoms with Crippen molar-refractivity contribution in [1.29, 1.82) is 0 Å². The van der Waals surface area contributed by atoms with Crippen molar-refractivity contribution in [3.05, 3.63) is 12.7 Å². The molecule has 10 nitrogen and oxygen atoms in total. The monoisotopic (exact) mass is 342 g/mol. The highest BCUT2D eigenvalue weighted by Gasteiger charge is 2.53. The maximum Gasteiger partial charge on any atom is 0.505 e. The van der Waals surface area contributed by atoms with Crippen molar-refractivity contribution >= 4 is 25.0 Å². The van der Waals surface area contributed by atoms with Crippen LogP contribution < -0.4 is 5.73 Å². The van der Waals surface area contributed by atoms with E-state index in [0.29, 0.717) is 11.2 Å². The number of aromatic nitrogens is 4. The van der Waals surface area contributed by atoms with E-state index in [1.807, 2.05) is 0 Å². The molecule has 0 saturated carbocycles. The molecule has 0 bridgehead atoms.